The minimum atomic E-state index is -0.901. The van der Waals surface area contributed by atoms with Crippen molar-refractivity contribution >= 4 is 59.2 Å². The number of fused-ring (bicyclic) bond motifs is 1. The number of piperidine rings is 1. The van der Waals surface area contributed by atoms with Gasteiger partial charge in [0.25, 0.3) is 0 Å². The molecule has 2 saturated heterocycles. The minimum absolute atomic E-state index is 0. The van der Waals surface area contributed by atoms with E-state index in [1.807, 2.05) is 13.1 Å². The SMILES string of the molecule is CN1CC[C@H](c2c(N3CCCCC(N(C(=O)O)C4CC4)C3)cc(O)c3c(=O)cc(-c4ccccc4Cl)oc23)[C@H](O)C1.Cl.Cl. The molecule has 1 amide bonds. The Bertz CT molecular complexity index is 1530. The summed E-state index contributed by atoms with van der Waals surface area (Å²) in [5.41, 5.74) is 1.77. The number of phenols is 1. The van der Waals surface area contributed by atoms with Crippen molar-refractivity contribution in [1.82, 2.24) is 9.80 Å². The summed E-state index contributed by atoms with van der Waals surface area (Å²) >= 11 is 6.48. The highest BCUT2D eigenvalue weighted by molar-refractivity contribution is 6.33. The fourth-order valence-corrected chi connectivity index (χ4v) is 6.92. The second-order valence-corrected chi connectivity index (χ2v) is 12.1. The molecule has 9 nitrogen and oxygen atoms in total. The molecule has 3 N–H and O–H groups in total. The molecular formula is C31H38Cl3N3O6. The number of aromatic hydroxyl groups is 1. The second-order valence-electron chi connectivity index (χ2n) is 11.7. The smallest absolute Gasteiger partial charge is 0.407 e. The number of carboxylic acid groups (broad SMARTS) is 1. The van der Waals surface area contributed by atoms with Gasteiger partial charge in [-0.1, -0.05) is 23.7 Å². The van der Waals surface area contributed by atoms with Crippen LogP contribution in [0.1, 0.15) is 50.0 Å². The van der Waals surface area contributed by atoms with Crippen LogP contribution in [0.3, 0.4) is 0 Å². The number of rotatable bonds is 5. The van der Waals surface area contributed by atoms with Crippen LogP contribution in [0.5, 0.6) is 5.75 Å². The van der Waals surface area contributed by atoms with Crippen molar-refractivity contribution < 1.29 is 24.5 Å². The first-order valence-electron chi connectivity index (χ1n) is 14.4. The summed E-state index contributed by atoms with van der Waals surface area (Å²) in [6.45, 7) is 2.31. The molecule has 3 fully saturated rings. The number of β-amino-alcohol motifs (C(OH)–C–C–N with tert-alkyl or cyclic N) is 1. The number of likely N-dealkylation sites (N-methyl/N-ethyl adjacent to an activating group) is 1. The van der Waals surface area contributed by atoms with E-state index in [1.165, 1.54) is 6.07 Å². The number of anilines is 1. The van der Waals surface area contributed by atoms with Gasteiger partial charge in [0, 0.05) is 60.5 Å². The van der Waals surface area contributed by atoms with Crippen LogP contribution < -0.4 is 10.3 Å². The van der Waals surface area contributed by atoms with Gasteiger partial charge >= 0.3 is 6.09 Å². The Hall–Kier alpha value is -2.69. The molecule has 1 aromatic heterocycles. The Labute approximate surface area is 267 Å². The lowest BCUT2D eigenvalue weighted by Crippen LogP contribution is -2.47. The summed E-state index contributed by atoms with van der Waals surface area (Å²) in [5.74, 6) is -0.263. The maximum absolute atomic E-state index is 13.5. The highest BCUT2D eigenvalue weighted by Gasteiger charge is 2.40. The summed E-state index contributed by atoms with van der Waals surface area (Å²) < 4.78 is 6.47. The molecule has 1 aliphatic carbocycles. The number of hydrogen-bond donors (Lipinski definition) is 3. The Morgan fingerprint density at radius 3 is 2.44 bits per heavy atom. The largest absolute Gasteiger partial charge is 0.507 e. The monoisotopic (exact) mass is 653 g/mol. The first-order valence-corrected chi connectivity index (χ1v) is 14.8. The van der Waals surface area contributed by atoms with Crippen molar-refractivity contribution in [3.05, 3.63) is 57.2 Å². The zero-order valence-electron chi connectivity index (χ0n) is 23.9. The van der Waals surface area contributed by atoms with Crippen molar-refractivity contribution in [2.24, 2.45) is 0 Å². The topological polar surface area (TPSA) is 118 Å². The third-order valence-electron chi connectivity index (χ3n) is 8.83. The first-order chi connectivity index (χ1) is 19.7. The van der Waals surface area contributed by atoms with Gasteiger partial charge in [0.05, 0.1) is 17.2 Å². The molecule has 0 radical (unpaired) electrons. The van der Waals surface area contributed by atoms with Gasteiger partial charge in [-0.25, -0.2) is 4.79 Å². The normalized spacial score (nSPS) is 22.8. The highest BCUT2D eigenvalue weighted by Crippen LogP contribution is 2.45. The van der Waals surface area contributed by atoms with Gasteiger partial charge in [-0.05, 0) is 64.3 Å². The van der Waals surface area contributed by atoms with Crippen molar-refractivity contribution in [3.8, 4) is 17.1 Å². The van der Waals surface area contributed by atoms with Crippen LogP contribution >= 0.6 is 36.4 Å². The fourth-order valence-electron chi connectivity index (χ4n) is 6.69. The lowest BCUT2D eigenvalue weighted by Gasteiger charge is -2.38. The Kier molecular flexibility index (Phi) is 10.4. The van der Waals surface area contributed by atoms with E-state index in [0.717, 1.165) is 38.6 Å². The van der Waals surface area contributed by atoms with E-state index in [-0.39, 0.29) is 65.3 Å². The maximum Gasteiger partial charge on any atom is 0.407 e. The Balaban J connectivity index is 0.00000212. The van der Waals surface area contributed by atoms with Crippen molar-refractivity contribution in [2.75, 3.05) is 38.1 Å². The van der Waals surface area contributed by atoms with E-state index >= 15 is 0 Å². The number of amides is 1. The number of aliphatic hydroxyl groups excluding tert-OH is 1. The number of benzene rings is 2. The number of nitrogens with zero attached hydrogens (tertiary/aromatic N) is 3. The predicted molar refractivity (Wildman–Crippen MR) is 173 cm³/mol. The highest BCUT2D eigenvalue weighted by atomic mass is 35.5. The molecule has 3 heterocycles. The van der Waals surface area contributed by atoms with Gasteiger partial charge in [0.1, 0.15) is 22.5 Å². The molecular weight excluding hydrogens is 617 g/mol. The lowest BCUT2D eigenvalue weighted by molar-refractivity contribution is 0.0640. The van der Waals surface area contributed by atoms with Crippen LogP contribution in [-0.4, -0.2) is 82.6 Å². The molecule has 1 saturated carbocycles. The zero-order chi connectivity index (χ0) is 28.8. The van der Waals surface area contributed by atoms with Crippen LogP contribution in [0.4, 0.5) is 10.5 Å². The van der Waals surface area contributed by atoms with Crippen LogP contribution in [0.2, 0.25) is 5.02 Å². The van der Waals surface area contributed by atoms with Gasteiger partial charge in [-0.3, -0.25) is 4.79 Å². The summed E-state index contributed by atoms with van der Waals surface area (Å²) in [5, 5.41) is 33.1. The number of likely N-dealkylation sites (tertiary alicyclic amines) is 1. The third kappa shape index (κ3) is 6.56. The van der Waals surface area contributed by atoms with Gasteiger partial charge < -0.3 is 34.4 Å². The minimum Gasteiger partial charge on any atom is -0.507 e. The molecule has 3 atom stereocenters. The first kappa shape index (κ1) is 33.2. The predicted octanol–water partition coefficient (Wildman–Crippen LogP) is 5.94. The van der Waals surface area contributed by atoms with Gasteiger partial charge in [-0.2, -0.15) is 0 Å². The summed E-state index contributed by atoms with van der Waals surface area (Å²) in [6, 6.07) is 9.92. The van der Waals surface area contributed by atoms with Gasteiger partial charge in [-0.15, -0.1) is 24.8 Å². The molecule has 0 bridgehead atoms. The average molecular weight is 655 g/mol. The number of carbonyl (C=O) groups is 1. The molecule has 2 aliphatic heterocycles. The molecule has 43 heavy (non-hydrogen) atoms. The summed E-state index contributed by atoms with van der Waals surface area (Å²) in [4.78, 5) is 31.6. The summed E-state index contributed by atoms with van der Waals surface area (Å²) in [7, 11) is 1.96. The van der Waals surface area contributed by atoms with Gasteiger partial charge in [0.2, 0.25) is 0 Å². The van der Waals surface area contributed by atoms with Crippen molar-refractivity contribution in [1.29, 1.82) is 0 Å². The zero-order valence-corrected chi connectivity index (χ0v) is 26.3. The molecule has 6 rings (SSSR count). The second kappa shape index (κ2) is 13.5. The van der Waals surface area contributed by atoms with Crippen LogP contribution in [-0.2, 0) is 0 Å². The number of halogens is 3. The van der Waals surface area contributed by atoms with Crippen LogP contribution in [0.25, 0.3) is 22.3 Å². The molecule has 12 heteroatoms. The van der Waals surface area contributed by atoms with Gasteiger partial charge in [0.15, 0.2) is 5.43 Å². The standard InChI is InChI=1S/C31H36ClN3O6.2ClH/c1-33-13-11-21(26(38)17-33)28-23(34-12-5-4-6-19(16-34)35(31(39)40)18-9-10-18)14-24(36)29-25(37)15-27(41-30(28)29)20-7-2-3-8-22(20)32;;/h2-3,7-8,14-15,18-19,21,26,36,38H,4-6,9-13,16-17H2,1H3,(H,39,40);2*1H/t19?,21-,26+;;/m0../s1. The van der Waals surface area contributed by atoms with Crippen LogP contribution in [0, 0.1) is 0 Å². The van der Waals surface area contributed by atoms with E-state index < -0.39 is 17.6 Å². The Morgan fingerprint density at radius 1 is 1.02 bits per heavy atom. The molecule has 3 aromatic rings. The molecule has 1 unspecified atom stereocenters. The number of aliphatic hydroxyl groups is 1. The van der Waals surface area contributed by atoms with Crippen molar-refractivity contribution in [3.63, 3.8) is 0 Å². The molecule has 3 aliphatic rings. The van der Waals surface area contributed by atoms with E-state index in [0.29, 0.717) is 47.9 Å². The van der Waals surface area contributed by atoms with Crippen LogP contribution in [0.15, 0.2) is 45.6 Å². The lowest BCUT2D eigenvalue weighted by atomic mass is 9.84. The molecule has 234 valence electrons. The maximum atomic E-state index is 13.5. The fraction of sp³-hybridized carbons (Fsp3) is 0.484. The van der Waals surface area contributed by atoms with E-state index in [4.69, 9.17) is 16.0 Å². The van der Waals surface area contributed by atoms with E-state index in [9.17, 15) is 24.9 Å². The Morgan fingerprint density at radius 2 is 1.77 bits per heavy atom. The number of hydrogen-bond acceptors (Lipinski definition) is 7. The van der Waals surface area contributed by atoms with Crippen molar-refractivity contribution in [2.45, 2.75) is 62.6 Å². The van der Waals surface area contributed by atoms with E-state index in [1.54, 1.807) is 29.2 Å². The molecule has 0 spiro atoms. The summed E-state index contributed by atoms with van der Waals surface area (Å²) in [6.07, 6.45) is 3.26. The average Bonchev–Trinajstić information content (AvgIpc) is 3.77. The molecule has 2 aromatic carbocycles. The quantitative estimate of drug-likeness (QED) is 0.309. The van der Waals surface area contributed by atoms with E-state index in [2.05, 4.69) is 9.80 Å². The third-order valence-corrected chi connectivity index (χ3v) is 9.16. The number of phenolic OH excluding ortho intramolecular Hbond substituents is 1.